The van der Waals surface area contributed by atoms with Gasteiger partial charge in [0.05, 0.1) is 28.8 Å². The third kappa shape index (κ3) is 5.28. The lowest BCUT2D eigenvalue weighted by atomic mass is 10.1. The number of hydrogen-bond acceptors (Lipinski definition) is 7. The highest BCUT2D eigenvalue weighted by atomic mass is 32.1. The zero-order chi connectivity index (χ0) is 19.3. The quantitative estimate of drug-likeness (QED) is 0.311. The first-order chi connectivity index (χ1) is 12.3. The number of nitrogens with two attached hydrogens (primary N) is 2. The Morgan fingerprint density at radius 2 is 2.31 bits per heavy atom. The predicted molar refractivity (Wildman–Crippen MR) is 109 cm³/mol. The van der Waals surface area contributed by atoms with Crippen molar-refractivity contribution < 1.29 is 9.90 Å². The van der Waals surface area contributed by atoms with Crippen molar-refractivity contribution >= 4 is 37.1 Å². The minimum atomic E-state index is -0.487. The van der Waals surface area contributed by atoms with Gasteiger partial charge in [-0.05, 0) is 37.9 Å². The molecular formula is C17H28N5O2PS. The van der Waals surface area contributed by atoms with E-state index in [4.69, 9.17) is 11.6 Å². The van der Waals surface area contributed by atoms with E-state index in [0.29, 0.717) is 18.7 Å². The highest BCUT2D eigenvalue weighted by molar-refractivity contribution is 7.36. The molecule has 6 N–H and O–H groups in total. The van der Waals surface area contributed by atoms with Gasteiger partial charge in [0.2, 0.25) is 5.91 Å². The maximum Gasteiger partial charge on any atom is 0.237 e. The minimum Gasteiger partial charge on any atom is -0.396 e. The van der Waals surface area contributed by atoms with E-state index in [1.54, 1.807) is 29.6 Å². The van der Waals surface area contributed by atoms with Crippen molar-refractivity contribution in [1.29, 1.82) is 0 Å². The molecule has 0 radical (unpaired) electrons. The molecule has 144 valence electrons. The number of aliphatic hydroxyl groups excluding tert-OH is 1. The van der Waals surface area contributed by atoms with Crippen LogP contribution in [0.4, 0.5) is 0 Å². The largest absolute Gasteiger partial charge is 0.396 e. The summed E-state index contributed by atoms with van der Waals surface area (Å²) < 4.78 is 1.96. The van der Waals surface area contributed by atoms with Gasteiger partial charge in [-0.25, -0.2) is 10.5 Å². The zero-order valence-corrected chi connectivity index (χ0v) is 17.1. The van der Waals surface area contributed by atoms with Crippen molar-refractivity contribution in [2.45, 2.75) is 38.5 Å². The molecule has 0 saturated carbocycles. The van der Waals surface area contributed by atoms with Gasteiger partial charge in [-0.15, -0.1) is 11.3 Å². The molecule has 1 aliphatic rings. The fraction of sp³-hybridized carbons (Fsp3) is 0.529. The number of aliphatic hydroxyl groups is 1. The van der Waals surface area contributed by atoms with Crippen molar-refractivity contribution in [2.75, 3.05) is 13.6 Å². The molecule has 0 spiro atoms. The summed E-state index contributed by atoms with van der Waals surface area (Å²) in [4.78, 5) is 13.0. The molecule has 1 aliphatic heterocycles. The number of β-amino-alcohol motifs (C(OH)–C–C–N with tert-alkyl or cyclic N) is 1. The molecule has 7 nitrogen and oxygen atoms in total. The van der Waals surface area contributed by atoms with Crippen LogP contribution in [0.15, 0.2) is 23.7 Å². The molecule has 3 unspecified atom stereocenters. The zero-order valence-electron chi connectivity index (χ0n) is 15.4. The number of nitrogens with zero attached hydrogens (tertiary/aromatic N) is 2. The second-order valence-electron chi connectivity index (χ2n) is 6.65. The van der Waals surface area contributed by atoms with Crippen molar-refractivity contribution in [3.8, 4) is 0 Å². The van der Waals surface area contributed by atoms with Crippen LogP contribution in [0.25, 0.3) is 5.70 Å². The van der Waals surface area contributed by atoms with Crippen LogP contribution in [0, 0.1) is 5.92 Å². The number of carbonyl (C=O) groups excluding carboxylic acids is 1. The molecule has 2 rings (SSSR count). The Hall–Kier alpha value is -1.44. The van der Waals surface area contributed by atoms with Crippen LogP contribution in [-0.2, 0) is 4.79 Å². The maximum atomic E-state index is 12.0. The normalized spacial score (nSPS) is 22.9. The summed E-state index contributed by atoms with van der Waals surface area (Å²) in [6.07, 6.45) is 1.71. The van der Waals surface area contributed by atoms with E-state index < -0.39 is 6.10 Å². The average molecular weight is 397 g/mol. The van der Waals surface area contributed by atoms with Crippen LogP contribution in [0.5, 0.6) is 0 Å². The predicted octanol–water partition coefficient (Wildman–Crippen LogP) is 1.05. The highest BCUT2D eigenvalue weighted by Gasteiger charge is 2.34. The average Bonchev–Trinajstić information content (AvgIpc) is 3.23. The molecule has 1 aromatic heterocycles. The third-order valence-corrected chi connectivity index (χ3v) is 6.39. The molecule has 1 amide bonds. The summed E-state index contributed by atoms with van der Waals surface area (Å²) in [5.41, 5.74) is 6.76. The van der Waals surface area contributed by atoms with Gasteiger partial charge in [0.15, 0.2) is 0 Å². The van der Waals surface area contributed by atoms with Gasteiger partial charge in [0.1, 0.15) is 0 Å². The Morgan fingerprint density at radius 1 is 1.58 bits per heavy atom. The van der Waals surface area contributed by atoms with Crippen LogP contribution < -0.4 is 16.9 Å². The van der Waals surface area contributed by atoms with E-state index in [1.165, 1.54) is 0 Å². The van der Waals surface area contributed by atoms with Gasteiger partial charge < -0.3 is 21.2 Å². The lowest BCUT2D eigenvalue weighted by molar-refractivity contribution is -0.123. The van der Waals surface area contributed by atoms with Crippen molar-refractivity contribution in [3.63, 3.8) is 0 Å². The Balaban J connectivity index is 2.13. The Labute approximate surface area is 160 Å². The number of hydrazine groups is 1. The first kappa shape index (κ1) is 20.9. The summed E-state index contributed by atoms with van der Waals surface area (Å²) in [6.45, 7) is 4.64. The molecule has 2 heterocycles. The van der Waals surface area contributed by atoms with Crippen molar-refractivity contribution in [1.82, 2.24) is 15.0 Å². The van der Waals surface area contributed by atoms with Gasteiger partial charge in [-0.3, -0.25) is 4.79 Å². The van der Waals surface area contributed by atoms with Crippen LogP contribution in [-0.4, -0.2) is 58.3 Å². The minimum absolute atomic E-state index is 0.0572. The Kier molecular flexibility index (Phi) is 7.61. The summed E-state index contributed by atoms with van der Waals surface area (Å²) in [5.74, 6) is 8.49. The fourth-order valence-corrected chi connectivity index (χ4v) is 4.93. The Morgan fingerprint density at radius 3 is 2.88 bits per heavy atom. The molecule has 26 heavy (non-hydrogen) atoms. The number of carbonyl (C=O) groups is 1. The first-order valence-electron chi connectivity index (χ1n) is 8.58. The van der Waals surface area contributed by atoms with Crippen LogP contribution in [0.2, 0.25) is 0 Å². The molecule has 9 heteroatoms. The molecule has 0 aliphatic carbocycles. The molecule has 0 aromatic carbocycles. The molecular weight excluding hydrogens is 369 g/mol. The smallest absolute Gasteiger partial charge is 0.237 e. The van der Waals surface area contributed by atoms with E-state index in [-0.39, 0.29) is 23.9 Å². The number of likely N-dealkylation sites (N-methyl/N-ethyl adjacent to an activating group) is 1. The van der Waals surface area contributed by atoms with Gasteiger partial charge in [0.25, 0.3) is 0 Å². The van der Waals surface area contributed by atoms with E-state index in [0.717, 1.165) is 13.2 Å². The second-order valence-corrected chi connectivity index (χ2v) is 8.64. The SMILES string of the molecule is CNC(=O)C1CC(O)CN1P=CC(C(C)C)N(N)/C=C(\N)c1cccs1. The van der Waals surface area contributed by atoms with E-state index in [1.807, 2.05) is 22.2 Å². The molecule has 1 aromatic rings. The van der Waals surface area contributed by atoms with Crippen LogP contribution in [0.3, 0.4) is 0 Å². The van der Waals surface area contributed by atoms with E-state index in [2.05, 4.69) is 25.0 Å². The van der Waals surface area contributed by atoms with Crippen molar-refractivity contribution in [2.24, 2.45) is 17.5 Å². The lowest BCUT2D eigenvalue weighted by Crippen LogP contribution is -2.42. The molecule has 3 atom stereocenters. The maximum absolute atomic E-state index is 12.0. The van der Waals surface area contributed by atoms with E-state index in [9.17, 15) is 9.90 Å². The monoisotopic (exact) mass is 397 g/mol. The molecule has 1 fully saturated rings. The van der Waals surface area contributed by atoms with Gasteiger partial charge in [0, 0.05) is 19.8 Å². The topological polar surface area (TPSA) is 108 Å². The second kappa shape index (κ2) is 9.48. The van der Waals surface area contributed by atoms with Crippen molar-refractivity contribution in [3.05, 3.63) is 28.6 Å². The third-order valence-electron chi connectivity index (χ3n) is 4.29. The highest BCUT2D eigenvalue weighted by Crippen LogP contribution is 2.26. The van der Waals surface area contributed by atoms with Crippen LogP contribution >= 0.6 is 19.7 Å². The summed E-state index contributed by atoms with van der Waals surface area (Å²) in [6, 6.07) is 3.53. The number of rotatable bonds is 7. The summed E-state index contributed by atoms with van der Waals surface area (Å²) in [7, 11) is 2.47. The summed E-state index contributed by atoms with van der Waals surface area (Å²) >= 11 is 1.57. The Bertz CT molecular complexity index is 650. The first-order valence-corrected chi connectivity index (χ1v) is 10.4. The lowest BCUT2D eigenvalue weighted by Gasteiger charge is -2.28. The van der Waals surface area contributed by atoms with E-state index >= 15 is 0 Å². The molecule has 1 saturated heterocycles. The van der Waals surface area contributed by atoms with Gasteiger partial charge in [-0.1, -0.05) is 19.9 Å². The van der Waals surface area contributed by atoms with Gasteiger partial charge >= 0.3 is 0 Å². The standard InChI is InChI=1S/C17H28N5O2PS/c1-11(2)15(21(19)9-13(18)16-5-4-6-26-16)10-25-22-8-12(23)7-14(22)17(24)20-3/h4-6,9-12,14-15,23H,7-8,18-19H2,1-3H3,(H,20,24)/b13-9-. The van der Waals surface area contributed by atoms with Crippen LogP contribution in [0.1, 0.15) is 25.1 Å². The molecule has 0 bridgehead atoms. The number of amides is 1. The summed E-state index contributed by atoms with van der Waals surface area (Å²) in [5, 5.41) is 16.2. The fourth-order valence-electron chi connectivity index (χ4n) is 2.83. The van der Waals surface area contributed by atoms with Gasteiger partial charge in [-0.2, -0.15) is 0 Å². The number of nitrogens with one attached hydrogen (secondary N) is 1. The number of hydrogen-bond donors (Lipinski definition) is 4. The number of thiophene rings is 1.